The number of benzene rings is 1. The number of hydrogen-bond donors (Lipinski definition) is 1. The van der Waals surface area contributed by atoms with E-state index in [0.717, 1.165) is 31.2 Å². The summed E-state index contributed by atoms with van der Waals surface area (Å²) in [6.45, 7) is 10.2. The molecule has 2 rings (SSSR count). The smallest absolute Gasteiger partial charge is 0.123 e. The summed E-state index contributed by atoms with van der Waals surface area (Å²) < 4.78 is 5.56. The van der Waals surface area contributed by atoms with Crippen LogP contribution in [0.1, 0.15) is 45.2 Å². The van der Waals surface area contributed by atoms with Crippen LogP contribution in [0.4, 0.5) is 0 Å². The van der Waals surface area contributed by atoms with Gasteiger partial charge in [-0.15, -0.1) is 0 Å². The first kappa shape index (κ1) is 16.3. The van der Waals surface area contributed by atoms with E-state index in [0.29, 0.717) is 12.1 Å². The molecule has 0 aliphatic carbocycles. The van der Waals surface area contributed by atoms with E-state index < -0.39 is 0 Å². The van der Waals surface area contributed by atoms with E-state index in [1.807, 2.05) is 6.07 Å². The van der Waals surface area contributed by atoms with Crippen LogP contribution >= 0.6 is 0 Å². The number of nitrogens with one attached hydrogen (secondary N) is 1. The van der Waals surface area contributed by atoms with E-state index in [2.05, 4.69) is 49.2 Å². The lowest BCUT2D eigenvalue weighted by atomic mass is 10.0. The van der Waals surface area contributed by atoms with Crippen molar-refractivity contribution in [3.8, 4) is 5.75 Å². The summed E-state index contributed by atoms with van der Waals surface area (Å²) in [5.41, 5.74) is 1.28. The van der Waals surface area contributed by atoms with Gasteiger partial charge in [-0.2, -0.15) is 0 Å². The highest BCUT2D eigenvalue weighted by Crippen LogP contribution is 2.29. The van der Waals surface area contributed by atoms with Gasteiger partial charge < -0.3 is 10.1 Å². The molecule has 3 nitrogen and oxygen atoms in total. The molecule has 1 aromatic rings. The highest BCUT2D eigenvalue weighted by molar-refractivity contribution is 5.36. The monoisotopic (exact) mass is 290 g/mol. The van der Waals surface area contributed by atoms with Gasteiger partial charge in [0.05, 0.1) is 7.11 Å². The molecule has 1 fully saturated rings. The molecule has 21 heavy (non-hydrogen) atoms. The average Bonchev–Trinajstić information content (AvgIpc) is 2.81. The molecule has 3 unspecified atom stereocenters. The molecule has 0 aromatic heterocycles. The van der Waals surface area contributed by atoms with Gasteiger partial charge >= 0.3 is 0 Å². The largest absolute Gasteiger partial charge is 0.496 e. The van der Waals surface area contributed by atoms with Gasteiger partial charge in [-0.1, -0.05) is 32.0 Å². The zero-order valence-corrected chi connectivity index (χ0v) is 13.9. The lowest BCUT2D eigenvalue weighted by Gasteiger charge is -2.29. The summed E-state index contributed by atoms with van der Waals surface area (Å²) in [6.07, 6.45) is 2.46. The van der Waals surface area contributed by atoms with E-state index in [-0.39, 0.29) is 0 Å². The molecule has 1 N–H and O–H groups in total. The second-order valence-corrected chi connectivity index (χ2v) is 6.39. The van der Waals surface area contributed by atoms with Crippen molar-refractivity contribution in [1.82, 2.24) is 10.2 Å². The zero-order chi connectivity index (χ0) is 15.2. The Kier molecular flexibility index (Phi) is 6.07. The SMILES string of the molecule is CCCNC(CN1CC(C)CC1C)c1ccccc1OC. The number of para-hydroxylation sites is 1. The van der Waals surface area contributed by atoms with Crippen LogP contribution in [0.5, 0.6) is 5.75 Å². The standard InChI is InChI=1S/C18H30N2O/c1-5-10-19-17(13-20-12-14(2)11-15(20)3)16-8-6-7-9-18(16)21-4/h6-9,14-15,17,19H,5,10-13H2,1-4H3. The number of ether oxygens (including phenoxy) is 1. The van der Waals surface area contributed by atoms with E-state index in [9.17, 15) is 0 Å². The fraction of sp³-hybridized carbons (Fsp3) is 0.667. The van der Waals surface area contributed by atoms with Gasteiger partial charge in [-0.25, -0.2) is 0 Å². The zero-order valence-electron chi connectivity index (χ0n) is 13.9. The van der Waals surface area contributed by atoms with Gasteiger partial charge in [-0.05, 0) is 38.3 Å². The molecule has 1 heterocycles. The van der Waals surface area contributed by atoms with Crippen LogP contribution < -0.4 is 10.1 Å². The number of methoxy groups -OCH3 is 1. The predicted molar refractivity (Wildman–Crippen MR) is 88.8 cm³/mol. The van der Waals surface area contributed by atoms with Crippen molar-refractivity contribution in [3.05, 3.63) is 29.8 Å². The maximum atomic E-state index is 5.56. The molecule has 1 saturated heterocycles. The first-order valence-electron chi connectivity index (χ1n) is 8.26. The second-order valence-electron chi connectivity index (χ2n) is 6.39. The second kappa shape index (κ2) is 7.81. The van der Waals surface area contributed by atoms with Gasteiger partial charge in [0, 0.05) is 30.7 Å². The van der Waals surface area contributed by atoms with Crippen LogP contribution in [0.2, 0.25) is 0 Å². The molecular weight excluding hydrogens is 260 g/mol. The van der Waals surface area contributed by atoms with E-state index in [4.69, 9.17) is 4.74 Å². The van der Waals surface area contributed by atoms with E-state index in [1.165, 1.54) is 18.5 Å². The first-order valence-corrected chi connectivity index (χ1v) is 8.26. The van der Waals surface area contributed by atoms with Crippen molar-refractivity contribution in [2.45, 2.75) is 45.7 Å². The van der Waals surface area contributed by atoms with Gasteiger partial charge in [-0.3, -0.25) is 4.90 Å². The lowest BCUT2D eigenvalue weighted by molar-refractivity contribution is 0.232. The molecule has 0 bridgehead atoms. The number of likely N-dealkylation sites (tertiary alicyclic amines) is 1. The van der Waals surface area contributed by atoms with Crippen LogP contribution in [0.15, 0.2) is 24.3 Å². The Morgan fingerprint density at radius 1 is 1.33 bits per heavy atom. The molecule has 0 radical (unpaired) electrons. The molecule has 3 atom stereocenters. The third-order valence-electron chi connectivity index (χ3n) is 4.49. The topological polar surface area (TPSA) is 24.5 Å². The van der Waals surface area contributed by atoms with Crippen molar-refractivity contribution in [2.75, 3.05) is 26.7 Å². The minimum absolute atomic E-state index is 0.342. The van der Waals surface area contributed by atoms with Crippen molar-refractivity contribution >= 4 is 0 Å². The van der Waals surface area contributed by atoms with Crippen molar-refractivity contribution in [1.29, 1.82) is 0 Å². The molecule has 118 valence electrons. The average molecular weight is 290 g/mol. The van der Waals surface area contributed by atoms with E-state index in [1.54, 1.807) is 7.11 Å². The first-order chi connectivity index (χ1) is 10.2. The summed E-state index contributed by atoms with van der Waals surface area (Å²) in [4.78, 5) is 2.62. The quantitative estimate of drug-likeness (QED) is 0.832. The maximum Gasteiger partial charge on any atom is 0.123 e. The highest BCUT2D eigenvalue weighted by atomic mass is 16.5. The minimum atomic E-state index is 0.342. The van der Waals surface area contributed by atoms with Gasteiger partial charge in [0.25, 0.3) is 0 Å². The fourth-order valence-corrected chi connectivity index (χ4v) is 3.42. The fourth-order valence-electron chi connectivity index (χ4n) is 3.42. The van der Waals surface area contributed by atoms with Gasteiger partial charge in [0.2, 0.25) is 0 Å². The van der Waals surface area contributed by atoms with Crippen molar-refractivity contribution in [2.24, 2.45) is 5.92 Å². The number of nitrogens with zero attached hydrogens (tertiary/aromatic N) is 1. The van der Waals surface area contributed by atoms with Crippen LogP contribution in [-0.2, 0) is 0 Å². The summed E-state index contributed by atoms with van der Waals surface area (Å²) in [5.74, 6) is 1.80. The van der Waals surface area contributed by atoms with Crippen LogP contribution in [0.25, 0.3) is 0 Å². The maximum absolute atomic E-state index is 5.56. The molecular formula is C18H30N2O. The Labute approximate surface area is 129 Å². The number of rotatable bonds is 7. The van der Waals surface area contributed by atoms with Crippen LogP contribution in [0.3, 0.4) is 0 Å². The normalized spacial score (nSPS) is 24.2. The molecule has 0 spiro atoms. The third-order valence-corrected chi connectivity index (χ3v) is 4.49. The summed E-state index contributed by atoms with van der Waals surface area (Å²) >= 11 is 0. The van der Waals surface area contributed by atoms with Crippen LogP contribution in [-0.4, -0.2) is 37.7 Å². The summed E-state index contributed by atoms with van der Waals surface area (Å²) in [5, 5.41) is 3.70. The molecule has 0 amide bonds. The third kappa shape index (κ3) is 4.21. The Bertz CT molecular complexity index is 435. The van der Waals surface area contributed by atoms with Gasteiger partial charge in [0.1, 0.15) is 5.75 Å². The van der Waals surface area contributed by atoms with E-state index >= 15 is 0 Å². The van der Waals surface area contributed by atoms with Crippen molar-refractivity contribution in [3.63, 3.8) is 0 Å². The number of hydrogen-bond acceptors (Lipinski definition) is 3. The molecule has 1 aliphatic heterocycles. The Hall–Kier alpha value is -1.06. The lowest BCUT2D eigenvalue weighted by Crippen LogP contribution is -2.37. The molecule has 1 aromatic carbocycles. The minimum Gasteiger partial charge on any atom is -0.496 e. The summed E-state index contributed by atoms with van der Waals surface area (Å²) in [7, 11) is 1.76. The molecule has 3 heteroatoms. The highest BCUT2D eigenvalue weighted by Gasteiger charge is 2.29. The molecule has 0 saturated carbocycles. The molecule has 1 aliphatic rings. The Morgan fingerprint density at radius 2 is 2.10 bits per heavy atom. The van der Waals surface area contributed by atoms with Crippen LogP contribution in [0, 0.1) is 5.92 Å². The predicted octanol–water partition coefficient (Wildman–Crippen LogP) is 3.47. The Balaban J connectivity index is 2.14. The summed E-state index contributed by atoms with van der Waals surface area (Å²) in [6, 6.07) is 9.42. The van der Waals surface area contributed by atoms with Crippen molar-refractivity contribution < 1.29 is 4.74 Å². The van der Waals surface area contributed by atoms with Gasteiger partial charge in [0.15, 0.2) is 0 Å². The Morgan fingerprint density at radius 3 is 2.71 bits per heavy atom.